The van der Waals surface area contributed by atoms with Crippen molar-refractivity contribution in [3.63, 3.8) is 0 Å². The second-order valence-electron chi connectivity index (χ2n) is 9.34. The molecule has 0 aromatic heterocycles. The lowest BCUT2D eigenvalue weighted by atomic mass is 10.1. The molecular weight excluding hydrogens is 550 g/mol. The van der Waals surface area contributed by atoms with E-state index < -0.39 is 28.5 Å². The fourth-order valence-corrected chi connectivity index (χ4v) is 5.74. The van der Waals surface area contributed by atoms with E-state index in [0.717, 1.165) is 16.3 Å². The Morgan fingerprint density at radius 3 is 2.35 bits per heavy atom. The van der Waals surface area contributed by atoms with Crippen molar-refractivity contribution in [3.05, 3.63) is 88.9 Å². The highest BCUT2D eigenvalue weighted by atomic mass is 35.5. The molecule has 3 aromatic carbocycles. The minimum absolute atomic E-state index is 0.0346. The van der Waals surface area contributed by atoms with Crippen LogP contribution in [0.2, 0.25) is 5.02 Å². The van der Waals surface area contributed by atoms with Gasteiger partial charge in [-0.3, -0.25) is 13.9 Å². The first-order valence-corrected chi connectivity index (χ1v) is 15.0. The Kier molecular flexibility index (Phi) is 11.0. The minimum atomic E-state index is -4.20. The molecule has 40 heavy (non-hydrogen) atoms. The Balaban J connectivity index is 2.07. The number of carbonyl (C=O) groups excluding carboxylic acids is 2. The number of nitrogens with zero attached hydrogens (tertiary/aromatic N) is 2. The number of nitrogens with one attached hydrogen (secondary N) is 1. The van der Waals surface area contributed by atoms with Gasteiger partial charge in [0.15, 0.2) is 0 Å². The lowest BCUT2D eigenvalue weighted by molar-refractivity contribution is -0.139. The molecule has 0 spiro atoms. The summed E-state index contributed by atoms with van der Waals surface area (Å²) in [4.78, 5) is 28.4. The molecule has 1 atom stereocenters. The van der Waals surface area contributed by atoms with Gasteiger partial charge in [-0.1, -0.05) is 60.5 Å². The van der Waals surface area contributed by atoms with E-state index in [2.05, 4.69) is 5.32 Å². The van der Waals surface area contributed by atoms with Gasteiger partial charge in [0.1, 0.15) is 18.3 Å². The van der Waals surface area contributed by atoms with Gasteiger partial charge in [-0.2, -0.15) is 0 Å². The number of carbonyl (C=O) groups is 2. The summed E-state index contributed by atoms with van der Waals surface area (Å²) in [5, 5.41) is 3.31. The van der Waals surface area contributed by atoms with Crippen LogP contribution < -0.4 is 14.4 Å². The van der Waals surface area contributed by atoms with E-state index in [4.69, 9.17) is 16.3 Å². The molecule has 3 aromatic rings. The third kappa shape index (κ3) is 7.76. The maximum atomic E-state index is 14.0. The number of benzene rings is 3. The molecule has 0 radical (unpaired) electrons. The predicted octanol–water partition coefficient (Wildman–Crippen LogP) is 5.19. The third-order valence-electron chi connectivity index (χ3n) is 6.28. The van der Waals surface area contributed by atoms with Crippen molar-refractivity contribution in [2.75, 3.05) is 24.0 Å². The molecular formula is C30H36ClN3O5S. The first kappa shape index (κ1) is 31.0. The number of rotatable bonds is 13. The van der Waals surface area contributed by atoms with Crippen LogP contribution in [0, 0.1) is 6.92 Å². The van der Waals surface area contributed by atoms with Gasteiger partial charge >= 0.3 is 0 Å². The number of halogens is 1. The lowest BCUT2D eigenvalue weighted by Crippen LogP contribution is -2.51. The van der Waals surface area contributed by atoms with Crippen LogP contribution in [0.25, 0.3) is 0 Å². The normalized spacial score (nSPS) is 11.9. The number of para-hydroxylation sites is 2. The van der Waals surface area contributed by atoms with Crippen LogP contribution in [-0.4, -0.2) is 50.9 Å². The van der Waals surface area contributed by atoms with Crippen molar-refractivity contribution in [2.45, 2.75) is 51.6 Å². The van der Waals surface area contributed by atoms with E-state index in [9.17, 15) is 18.0 Å². The molecule has 8 nitrogen and oxygen atoms in total. The largest absolute Gasteiger partial charge is 0.492 e. The average molecular weight is 586 g/mol. The minimum Gasteiger partial charge on any atom is -0.492 e. The number of anilines is 1. The zero-order chi connectivity index (χ0) is 29.3. The van der Waals surface area contributed by atoms with Crippen LogP contribution in [-0.2, 0) is 26.2 Å². The number of amides is 2. The maximum absolute atomic E-state index is 14.0. The summed E-state index contributed by atoms with van der Waals surface area (Å²) in [7, 11) is -4.20. The van der Waals surface area contributed by atoms with Crippen molar-refractivity contribution in [1.82, 2.24) is 10.2 Å². The summed E-state index contributed by atoms with van der Waals surface area (Å²) in [6, 6.07) is 19.2. The van der Waals surface area contributed by atoms with Gasteiger partial charge in [-0.25, -0.2) is 8.42 Å². The van der Waals surface area contributed by atoms with Crippen LogP contribution in [0.3, 0.4) is 0 Å². The van der Waals surface area contributed by atoms with Gasteiger partial charge in [0, 0.05) is 18.1 Å². The lowest BCUT2D eigenvalue weighted by Gasteiger charge is -2.32. The van der Waals surface area contributed by atoms with Crippen molar-refractivity contribution in [2.24, 2.45) is 0 Å². The van der Waals surface area contributed by atoms with E-state index in [1.54, 1.807) is 74.5 Å². The fraction of sp³-hybridized carbons (Fsp3) is 0.333. The van der Waals surface area contributed by atoms with E-state index in [-0.39, 0.29) is 23.0 Å². The molecule has 0 aliphatic heterocycles. The Morgan fingerprint density at radius 2 is 1.70 bits per heavy atom. The Bertz CT molecular complexity index is 1410. The molecule has 0 aliphatic carbocycles. The summed E-state index contributed by atoms with van der Waals surface area (Å²) >= 11 is 6.18. The van der Waals surface area contributed by atoms with E-state index in [1.165, 1.54) is 17.0 Å². The summed E-state index contributed by atoms with van der Waals surface area (Å²) in [5.41, 5.74) is 1.83. The standard InChI is InChI=1S/C30H36ClN3O5S/c1-5-18-32-30(36)23(4)33(20-24-10-9-11-25(31)19-24)29(35)21-34(27-12-7-8-13-28(27)39-6-2)40(37,38)26-16-14-22(3)15-17-26/h7-17,19,23H,5-6,18,20-21H2,1-4H3,(H,32,36)/t23-/m0/s1. The molecule has 214 valence electrons. The van der Waals surface area contributed by atoms with Gasteiger partial charge in [-0.15, -0.1) is 0 Å². The second-order valence-corrected chi connectivity index (χ2v) is 11.6. The van der Waals surface area contributed by atoms with Gasteiger partial charge in [-0.05, 0) is 69.2 Å². The number of aryl methyl sites for hydroxylation is 1. The summed E-state index contributed by atoms with van der Waals surface area (Å²) in [5.74, 6) is -0.565. The molecule has 2 amide bonds. The van der Waals surface area contributed by atoms with Gasteiger partial charge < -0.3 is 15.0 Å². The summed E-state index contributed by atoms with van der Waals surface area (Å²) in [6.07, 6.45) is 0.734. The molecule has 1 N–H and O–H groups in total. The van der Waals surface area contributed by atoms with Gasteiger partial charge in [0.25, 0.3) is 10.0 Å². The Labute approximate surface area is 241 Å². The quantitative estimate of drug-likeness (QED) is 0.298. The van der Waals surface area contributed by atoms with Crippen LogP contribution in [0.1, 0.15) is 38.3 Å². The van der Waals surface area contributed by atoms with E-state index in [1.807, 2.05) is 13.8 Å². The van der Waals surface area contributed by atoms with Gasteiger partial charge in [0.05, 0.1) is 17.2 Å². The molecule has 0 unspecified atom stereocenters. The monoisotopic (exact) mass is 585 g/mol. The Hall–Kier alpha value is -3.56. The molecule has 10 heteroatoms. The van der Waals surface area contributed by atoms with Crippen molar-refractivity contribution < 1.29 is 22.7 Å². The van der Waals surface area contributed by atoms with Crippen molar-refractivity contribution >= 4 is 39.1 Å². The Morgan fingerprint density at radius 1 is 1.00 bits per heavy atom. The highest BCUT2D eigenvalue weighted by molar-refractivity contribution is 7.92. The van der Waals surface area contributed by atoms with E-state index in [0.29, 0.717) is 29.5 Å². The van der Waals surface area contributed by atoms with Crippen LogP contribution >= 0.6 is 11.6 Å². The molecule has 0 bridgehead atoms. The smallest absolute Gasteiger partial charge is 0.264 e. The molecule has 3 rings (SSSR count). The zero-order valence-corrected chi connectivity index (χ0v) is 24.8. The molecule has 0 saturated heterocycles. The first-order valence-electron chi connectivity index (χ1n) is 13.2. The zero-order valence-electron chi connectivity index (χ0n) is 23.3. The molecule has 0 heterocycles. The average Bonchev–Trinajstić information content (AvgIpc) is 2.93. The first-order chi connectivity index (χ1) is 19.1. The third-order valence-corrected chi connectivity index (χ3v) is 8.29. The van der Waals surface area contributed by atoms with Crippen LogP contribution in [0.4, 0.5) is 5.69 Å². The molecule has 0 fully saturated rings. The highest BCUT2D eigenvalue weighted by Gasteiger charge is 2.33. The SMILES string of the molecule is CCCNC(=O)[C@H](C)N(Cc1cccc(Cl)c1)C(=O)CN(c1ccccc1OCC)S(=O)(=O)c1ccc(C)cc1. The molecule has 0 aliphatic rings. The fourth-order valence-electron chi connectivity index (χ4n) is 4.10. The highest BCUT2D eigenvalue weighted by Crippen LogP contribution is 2.33. The molecule has 0 saturated carbocycles. The van der Waals surface area contributed by atoms with E-state index >= 15 is 0 Å². The maximum Gasteiger partial charge on any atom is 0.264 e. The van der Waals surface area contributed by atoms with Crippen LogP contribution in [0.15, 0.2) is 77.7 Å². The topological polar surface area (TPSA) is 96.0 Å². The van der Waals surface area contributed by atoms with Crippen molar-refractivity contribution in [1.29, 1.82) is 0 Å². The number of hydrogen-bond donors (Lipinski definition) is 1. The van der Waals surface area contributed by atoms with Crippen LogP contribution in [0.5, 0.6) is 5.75 Å². The number of ether oxygens (including phenoxy) is 1. The number of hydrogen-bond acceptors (Lipinski definition) is 5. The summed E-state index contributed by atoms with van der Waals surface area (Å²) < 4.78 is 34.8. The number of sulfonamides is 1. The predicted molar refractivity (Wildman–Crippen MR) is 158 cm³/mol. The second kappa shape index (κ2) is 14.2. The summed E-state index contributed by atoms with van der Waals surface area (Å²) in [6.45, 7) is 7.49. The van der Waals surface area contributed by atoms with Crippen molar-refractivity contribution in [3.8, 4) is 5.75 Å². The van der Waals surface area contributed by atoms with Gasteiger partial charge in [0.2, 0.25) is 11.8 Å².